The van der Waals surface area contributed by atoms with Gasteiger partial charge < -0.3 is 10.1 Å². The summed E-state index contributed by atoms with van der Waals surface area (Å²) in [7, 11) is 0. The number of hydrogen-bond acceptors (Lipinski definition) is 3. The van der Waals surface area contributed by atoms with E-state index >= 15 is 0 Å². The SMILES string of the molecule is Cc1[nH]c(=O)[nH]c(=O)c1C(=O)O. The van der Waals surface area contributed by atoms with Crippen molar-refractivity contribution >= 4 is 5.97 Å². The highest BCUT2D eigenvalue weighted by molar-refractivity contribution is 5.88. The molecule has 0 bridgehead atoms. The predicted octanol–water partition coefficient (Wildman–Crippen LogP) is -0.930. The fourth-order valence-corrected chi connectivity index (χ4v) is 0.857. The lowest BCUT2D eigenvalue weighted by Crippen LogP contribution is -2.29. The molecule has 1 heterocycles. The van der Waals surface area contributed by atoms with Gasteiger partial charge in [0, 0.05) is 5.69 Å². The number of hydrogen-bond donors (Lipinski definition) is 3. The molecule has 0 unspecified atom stereocenters. The van der Waals surface area contributed by atoms with Gasteiger partial charge in [-0.1, -0.05) is 0 Å². The first-order valence-corrected chi connectivity index (χ1v) is 3.09. The quantitative estimate of drug-likeness (QED) is 0.506. The number of aromatic amines is 2. The highest BCUT2D eigenvalue weighted by atomic mass is 16.4. The van der Waals surface area contributed by atoms with Gasteiger partial charge in [0.1, 0.15) is 5.56 Å². The Morgan fingerprint density at radius 2 is 1.92 bits per heavy atom. The molecule has 0 spiro atoms. The number of aromatic carboxylic acids is 1. The van der Waals surface area contributed by atoms with Crippen molar-refractivity contribution in [2.45, 2.75) is 6.92 Å². The van der Waals surface area contributed by atoms with Gasteiger partial charge in [0.15, 0.2) is 0 Å². The molecule has 0 radical (unpaired) electrons. The molecular weight excluding hydrogens is 164 g/mol. The molecule has 0 aromatic carbocycles. The molecule has 0 amide bonds. The minimum Gasteiger partial charge on any atom is -0.477 e. The summed E-state index contributed by atoms with van der Waals surface area (Å²) in [6.45, 7) is 1.35. The van der Waals surface area contributed by atoms with Crippen molar-refractivity contribution in [3.05, 3.63) is 32.1 Å². The van der Waals surface area contributed by atoms with Gasteiger partial charge in [-0.2, -0.15) is 0 Å². The fraction of sp³-hybridized carbons (Fsp3) is 0.167. The van der Waals surface area contributed by atoms with E-state index in [2.05, 4.69) is 4.98 Å². The third kappa shape index (κ3) is 1.26. The number of carbonyl (C=O) groups is 1. The molecule has 6 nitrogen and oxygen atoms in total. The van der Waals surface area contributed by atoms with Gasteiger partial charge in [-0.25, -0.2) is 9.59 Å². The Labute approximate surface area is 65.9 Å². The van der Waals surface area contributed by atoms with Gasteiger partial charge in [0.05, 0.1) is 0 Å². The molecular formula is C6H6N2O4. The molecule has 0 aliphatic rings. The second kappa shape index (κ2) is 2.65. The van der Waals surface area contributed by atoms with E-state index in [4.69, 9.17) is 5.11 Å². The van der Waals surface area contributed by atoms with Crippen LogP contribution in [0.25, 0.3) is 0 Å². The van der Waals surface area contributed by atoms with Gasteiger partial charge in [-0.05, 0) is 6.92 Å². The maximum atomic E-state index is 10.8. The zero-order valence-electron chi connectivity index (χ0n) is 6.17. The number of aryl methyl sites for hydroxylation is 1. The minimum atomic E-state index is -1.36. The first-order valence-electron chi connectivity index (χ1n) is 3.09. The number of aromatic nitrogens is 2. The third-order valence-corrected chi connectivity index (χ3v) is 1.34. The molecule has 6 heteroatoms. The van der Waals surface area contributed by atoms with Crippen LogP contribution < -0.4 is 11.2 Å². The van der Waals surface area contributed by atoms with Crippen molar-refractivity contribution in [1.82, 2.24) is 9.97 Å². The summed E-state index contributed by atoms with van der Waals surface area (Å²) in [4.78, 5) is 35.8. The average Bonchev–Trinajstić information content (AvgIpc) is 1.82. The molecule has 0 aliphatic heterocycles. The summed E-state index contributed by atoms with van der Waals surface area (Å²) in [5.41, 5.74) is -1.97. The Morgan fingerprint density at radius 1 is 1.33 bits per heavy atom. The van der Waals surface area contributed by atoms with E-state index in [0.29, 0.717) is 0 Å². The summed E-state index contributed by atoms with van der Waals surface area (Å²) < 4.78 is 0. The summed E-state index contributed by atoms with van der Waals surface area (Å²) in [6, 6.07) is 0. The van der Waals surface area contributed by atoms with Crippen LogP contribution in [0.3, 0.4) is 0 Å². The maximum absolute atomic E-state index is 10.8. The van der Waals surface area contributed by atoms with E-state index in [1.165, 1.54) is 6.92 Å². The Morgan fingerprint density at radius 3 is 2.33 bits per heavy atom. The van der Waals surface area contributed by atoms with Crippen LogP contribution in [-0.2, 0) is 0 Å². The van der Waals surface area contributed by atoms with E-state index in [-0.39, 0.29) is 5.69 Å². The minimum absolute atomic E-state index is 0.0521. The number of carboxylic acid groups (broad SMARTS) is 1. The summed E-state index contributed by atoms with van der Waals surface area (Å²) in [5, 5.41) is 8.50. The number of nitrogens with one attached hydrogen (secondary N) is 2. The normalized spacial score (nSPS) is 9.75. The molecule has 0 aliphatic carbocycles. The van der Waals surface area contributed by atoms with Crippen LogP contribution in [0.15, 0.2) is 9.59 Å². The molecule has 0 atom stereocenters. The van der Waals surface area contributed by atoms with Crippen molar-refractivity contribution in [2.75, 3.05) is 0 Å². The highest BCUT2D eigenvalue weighted by Gasteiger charge is 2.12. The molecule has 1 aromatic rings. The Kier molecular flexibility index (Phi) is 1.82. The lowest BCUT2D eigenvalue weighted by Gasteiger charge is -1.95. The van der Waals surface area contributed by atoms with E-state index in [1.54, 1.807) is 0 Å². The van der Waals surface area contributed by atoms with Crippen LogP contribution in [-0.4, -0.2) is 21.0 Å². The fourth-order valence-electron chi connectivity index (χ4n) is 0.857. The van der Waals surface area contributed by atoms with Gasteiger partial charge in [-0.3, -0.25) is 9.78 Å². The van der Waals surface area contributed by atoms with Crippen molar-refractivity contribution in [3.63, 3.8) is 0 Å². The zero-order chi connectivity index (χ0) is 9.30. The molecule has 1 aromatic heterocycles. The molecule has 12 heavy (non-hydrogen) atoms. The molecule has 0 saturated heterocycles. The lowest BCUT2D eigenvalue weighted by molar-refractivity contribution is 0.0693. The van der Waals surface area contributed by atoms with Gasteiger partial charge in [0.2, 0.25) is 0 Å². The molecule has 64 valence electrons. The smallest absolute Gasteiger partial charge is 0.343 e. The maximum Gasteiger partial charge on any atom is 0.343 e. The van der Waals surface area contributed by atoms with Crippen molar-refractivity contribution in [2.24, 2.45) is 0 Å². The molecule has 3 N–H and O–H groups in total. The Bertz CT molecular complexity index is 428. The van der Waals surface area contributed by atoms with Crippen LogP contribution in [0.1, 0.15) is 16.1 Å². The number of rotatable bonds is 1. The van der Waals surface area contributed by atoms with E-state index in [9.17, 15) is 14.4 Å². The number of H-pyrrole nitrogens is 2. The molecule has 1 rings (SSSR count). The average molecular weight is 170 g/mol. The predicted molar refractivity (Wildman–Crippen MR) is 39.4 cm³/mol. The molecule has 0 fully saturated rings. The van der Waals surface area contributed by atoms with Crippen LogP contribution in [0, 0.1) is 6.92 Å². The van der Waals surface area contributed by atoms with Crippen molar-refractivity contribution < 1.29 is 9.90 Å². The van der Waals surface area contributed by atoms with Crippen LogP contribution in [0.4, 0.5) is 0 Å². The first kappa shape index (κ1) is 8.25. The Hall–Kier alpha value is -1.85. The molecule has 0 saturated carbocycles. The second-order valence-corrected chi connectivity index (χ2v) is 2.21. The zero-order valence-corrected chi connectivity index (χ0v) is 6.17. The Balaban J connectivity index is 3.60. The summed E-state index contributed by atoms with van der Waals surface area (Å²) in [6.07, 6.45) is 0. The van der Waals surface area contributed by atoms with Gasteiger partial charge in [-0.15, -0.1) is 0 Å². The van der Waals surface area contributed by atoms with E-state index in [0.717, 1.165) is 0 Å². The topological polar surface area (TPSA) is 103 Å². The summed E-state index contributed by atoms with van der Waals surface area (Å²) in [5.74, 6) is -1.36. The summed E-state index contributed by atoms with van der Waals surface area (Å²) >= 11 is 0. The van der Waals surface area contributed by atoms with E-state index < -0.39 is 22.8 Å². The highest BCUT2D eigenvalue weighted by Crippen LogP contribution is 1.92. The largest absolute Gasteiger partial charge is 0.477 e. The van der Waals surface area contributed by atoms with E-state index in [1.807, 2.05) is 4.98 Å². The first-order chi connectivity index (χ1) is 5.52. The van der Waals surface area contributed by atoms with Crippen LogP contribution in [0.5, 0.6) is 0 Å². The van der Waals surface area contributed by atoms with Crippen molar-refractivity contribution in [1.29, 1.82) is 0 Å². The van der Waals surface area contributed by atoms with Gasteiger partial charge in [0.25, 0.3) is 5.56 Å². The van der Waals surface area contributed by atoms with Gasteiger partial charge >= 0.3 is 11.7 Å². The third-order valence-electron chi connectivity index (χ3n) is 1.34. The standard InChI is InChI=1S/C6H6N2O4/c1-2-3(5(10)11)4(9)8-6(12)7-2/h1H3,(H,10,11)(H2,7,8,9,12). The van der Waals surface area contributed by atoms with Crippen molar-refractivity contribution in [3.8, 4) is 0 Å². The monoisotopic (exact) mass is 170 g/mol. The van der Waals surface area contributed by atoms with Crippen LogP contribution in [0.2, 0.25) is 0 Å². The van der Waals surface area contributed by atoms with Crippen LogP contribution >= 0.6 is 0 Å². The second-order valence-electron chi connectivity index (χ2n) is 2.21. The lowest BCUT2D eigenvalue weighted by atomic mass is 10.2. The number of carboxylic acids is 1.